The Morgan fingerprint density at radius 2 is 2.02 bits per heavy atom. The fourth-order valence-electron chi connectivity index (χ4n) is 5.65. The monoisotopic (exact) mass is 608 g/mol. The summed E-state index contributed by atoms with van der Waals surface area (Å²) in [6, 6.07) is 2.16. The normalized spacial score (nSPS) is 18.5. The van der Waals surface area contributed by atoms with Crippen molar-refractivity contribution in [1.82, 2.24) is 15.0 Å². The number of ether oxygens (including phenoxy) is 3. The van der Waals surface area contributed by atoms with Crippen molar-refractivity contribution in [2.45, 2.75) is 52.6 Å². The number of methoxy groups -OCH3 is 1. The molecule has 3 aromatic heterocycles. The highest BCUT2D eigenvalue weighted by Crippen LogP contribution is 2.44. The highest BCUT2D eigenvalue weighted by atomic mass is 32.1. The maximum absolute atomic E-state index is 15.2. The van der Waals surface area contributed by atoms with E-state index in [2.05, 4.69) is 37.4 Å². The molecule has 1 aromatic carbocycles. The largest absolute Gasteiger partial charge is 0.444 e. The zero-order valence-electron chi connectivity index (χ0n) is 23.9. The molecule has 5 heterocycles. The van der Waals surface area contributed by atoms with Crippen LogP contribution in [0, 0.1) is 23.1 Å². The Hall–Kier alpha value is -3.49. The second kappa shape index (κ2) is 10.7. The standard InChI is InChI=1S/C29H30FN6O4PS/c1-13-9-36(10-19(13)38-5)27-33-7-15-16-11-39-12-17(16)20(24(41)22(15)34-27)23-21-14(6-31)26(35-28(37)40-29(2,3)4)42-25(21)18(30)8-32-23/h7-8,13,19H,9-12,41H2,1-5H3,(H,35,37)/t13-,19+/m1/s1. The minimum atomic E-state index is -0.746. The Kier molecular flexibility index (Phi) is 7.26. The summed E-state index contributed by atoms with van der Waals surface area (Å²) in [7, 11) is 4.48. The predicted octanol–water partition coefficient (Wildman–Crippen LogP) is 5.27. The lowest BCUT2D eigenvalue weighted by molar-refractivity contribution is 0.0636. The number of nitrogens with zero attached hydrogens (tertiary/aromatic N) is 5. The quantitative estimate of drug-likeness (QED) is 0.309. The third-order valence-electron chi connectivity index (χ3n) is 7.55. The highest BCUT2D eigenvalue weighted by molar-refractivity contribution is 7.29. The molecular formula is C29H30FN6O4PS. The molecule has 42 heavy (non-hydrogen) atoms. The number of pyridine rings is 1. The van der Waals surface area contributed by atoms with Gasteiger partial charge in [-0.25, -0.2) is 19.2 Å². The van der Waals surface area contributed by atoms with Crippen LogP contribution >= 0.6 is 20.6 Å². The number of thiophene rings is 1. The molecule has 6 rings (SSSR count). The van der Waals surface area contributed by atoms with Crippen LogP contribution in [0.3, 0.4) is 0 Å². The first-order valence-electron chi connectivity index (χ1n) is 13.5. The number of anilines is 2. The van der Waals surface area contributed by atoms with Crippen LogP contribution in [0.5, 0.6) is 0 Å². The first-order valence-corrected chi connectivity index (χ1v) is 14.9. The van der Waals surface area contributed by atoms with Crippen LogP contribution in [-0.4, -0.2) is 52.9 Å². The summed E-state index contributed by atoms with van der Waals surface area (Å²) in [5.41, 5.74) is 3.01. The van der Waals surface area contributed by atoms with Gasteiger partial charge >= 0.3 is 6.09 Å². The van der Waals surface area contributed by atoms with Gasteiger partial charge in [-0.1, -0.05) is 6.92 Å². The summed E-state index contributed by atoms with van der Waals surface area (Å²) in [4.78, 5) is 28.9. The van der Waals surface area contributed by atoms with Crippen molar-refractivity contribution in [3.05, 3.63) is 34.9 Å². The van der Waals surface area contributed by atoms with Crippen LogP contribution in [0.25, 0.3) is 32.2 Å². The molecule has 1 fully saturated rings. The summed E-state index contributed by atoms with van der Waals surface area (Å²) >= 11 is 0.971. The Bertz CT molecular complexity index is 1800. The second-order valence-electron chi connectivity index (χ2n) is 11.5. The van der Waals surface area contributed by atoms with Crippen molar-refractivity contribution in [3.8, 4) is 17.3 Å². The molecule has 1 N–H and O–H groups in total. The Labute approximate surface area is 248 Å². The number of amides is 1. The number of hydrogen-bond acceptors (Lipinski definition) is 10. The molecule has 13 heteroatoms. The molecule has 2 aliphatic heterocycles. The van der Waals surface area contributed by atoms with Gasteiger partial charge in [0.25, 0.3) is 0 Å². The van der Waals surface area contributed by atoms with Crippen molar-refractivity contribution >= 4 is 63.9 Å². The number of carbonyl (C=O) groups excluding carboxylic acids is 1. The zero-order valence-corrected chi connectivity index (χ0v) is 25.8. The van der Waals surface area contributed by atoms with Gasteiger partial charge in [0.2, 0.25) is 5.95 Å². The molecule has 0 spiro atoms. The van der Waals surface area contributed by atoms with Gasteiger partial charge in [0.05, 0.1) is 47.0 Å². The molecule has 0 radical (unpaired) electrons. The van der Waals surface area contributed by atoms with Crippen LogP contribution in [0.2, 0.25) is 0 Å². The average molecular weight is 609 g/mol. The summed E-state index contributed by atoms with van der Waals surface area (Å²) in [6.07, 6.45) is 2.33. The molecule has 4 aromatic rings. The van der Waals surface area contributed by atoms with Crippen molar-refractivity contribution in [3.63, 3.8) is 0 Å². The van der Waals surface area contributed by atoms with E-state index in [0.717, 1.165) is 45.9 Å². The molecule has 10 nitrogen and oxygen atoms in total. The number of fused-ring (bicyclic) bond motifs is 4. The van der Waals surface area contributed by atoms with Crippen LogP contribution in [0.4, 0.5) is 20.1 Å². The van der Waals surface area contributed by atoms with Gasteiger partial charge in [-0.2, -0.15) is 5.26 Å². The van der Waals surface area contributed by atoms with E-state index in [4.69, 9.17) is 24.2 Å². The lowest BCUT2D eigenvalue weighted by Crippen LogP contribution is -2.27. The molecule has 1 saturated heterocycles. The summed E-state index contributed by atoms with van der Waals surface area (Å²) < 4.78 is 32.3. The second-order valence-corrected chi connectivity index (χ2v) is 13.1. The van der Waals surface area contributed by atoms with Gasteiger partial charge in [0.1, 0.15) is 16.7 Å². The minimum Gasteiger partial charge on any atom is -0.444 e. The van der Waals surface area contributed by atoms with Gasteiger partial charge in [-0.05, 0) is 31.9 Å². The fraction of sp³-hybridized carbons (Fsp3) is 0.414. The smallest absolute Gasteiger partial charge is 0.412 e. The molecule has 0 saturated carbocycles. The summed E-state index contributed by atoms with van der Waals surface area (Å²) in [5, 5.41) is 15.0. The van der Waals surface area contributed by atoms with E-state index in [1.807, 2.05) is 6.20 Å². The first kappa shape index (κ1) is 28.6. The first-order chi connectivity index (χ1) is 20.0. The van der Waals surface area contributed by atoms with Crippen LogP contribution in [-0.2, 0) is 27.4 Å². The van der Waals surface area contributed by atoms with E-state index in [1.54, 1.807) is 27.9 Å². The van der Waals surface area contributed by atoms with Crippen LogP contribution in [0.1, 0.15) is 44.4 Å². The molecule has 1 amide bonds. The van der Waals surface area contributed by atoms with E-state index in [9.17, 15) is 10.1 Å². The maximum Gasteiger partial charge on any atom is 0.412 e. The van der Waals surface area contributed by atoms with Crippen LogP contribution in [0.15, 0.2) is 12.4 Å². The van der Waals surface area contributed by atoms with E-state index in [1.165, 1.54) is 0 Å². The van der Waals surface area contributed by atoms with E-state index >= 15 is 4.39 Å². The van der Waals surface area contributed by atoms with E-state index in [-0.39, 0.29) is 21.4 Å². The third-order valence-corrected chi connectivity index (χ3v) is 9.22. The molecule has 218 valence electrons. The van der Waals surface area contributed by atoms with Crippen LogP contribution < -0.4 is 15.5 Å². The number of aromatic nitrogens is 3. The molecular weight excluding hydrogens is 578 g/mol. The Morgan fingerprint density at radius 3 is 2.71 bits per heavy atom. The van der Waals surface area contributed by atoms with Crippen molar-refractivity contribution in [2.24, 2.45) is 5.92 Å². The highest BCUT2D eigenvalue weighted by Gasteiger charge is 2.33. The number of carbonyl (C=O) groups is 1. The Morgan fingerprint density at radius 1 is 1.26 bits per heavy atom. The van der Waals surface area contributed by atoms with Gasteiger partial charge in [0.15, 0.2) is 5.82 Å². The van der Waals surface area contributed by atoms with Crippen molar-refractivity contribution in [2.75, 3.05) is 30.4 Å². The van der Waals surface area contributed by atoms with E-state index in [0.29, 0.717) is 53.8 Å². The van der Waals surface area contributed by atoms with Gasteiger partial charge in [-0.3, -0.25) is 10.3 Å². The molecule has 0 bridgehead atoms. The maximum atomic E-state index is 15.2. The number of benzene rings is 1. The topological polar surface area (TPSA) is 122 Å². The van der Waals surface area contributed by atoms with Gasteiger partial charge in [-0.15, -0.1) is 20.6 Å². The van der Waals surface area contributed by atoms with Crippen molar-refractivity contribution in [1.29, 1.82) is 5.26 Å². The molecule has 3 atom stereocenters. The lowest BCUT2D eigenvalue weighted by atomic mass is 9.94. The molecule has 0 aliphatic carbocycles. The van der Waals surface area contributed by atoms with Gasteiger partial charge < -0.3 is 19.1 Å². The van der Waals surface area contributed by atoms with Crippen molar-refractivity contribution < 1.29 is 23.4 Å². The number of hydrogen-bond donors (Lipinski definition) is 1. The summed E-state index contributed by atoms with van der Waals surface area (Å²) in [5.74, 6) is 0.334. The number of nitriles is 1. The fourth-order valence-corrected chi connectivity index (χ4v) is 7.22. The lowest BCUT2D eigenvalue weighted by Gasteiger charge is -2.19. The zero-order chi connectivity index (χ0) is 29.9. The summed E-state index contributed by atoms with van der Waals surface area (Å²) in [6.45, 7) is 9.49. The van der Waals surface area contributed by atoms with Gasteiger partial charge in [0, 0.05) is 54.0 Å². The third kappa shape index (κ3) is 4.84. The molecule has 1 unspecified atom stereocenters. The van der Waals surface area contributed by atoms with E-state index < -0.39 is 17.5 Å². The average Bonchev–Trinajstić information content (AvgIpc) is 3.65. The molecule has 2 aliphatic rings. The predicted molar refractivity (Wildman–Crippen MR) is 163 cm³/mol. The Balaban J connectivity index is 1.54. The SMILES string of the molecule is CO[C@H]1CN(c2ncc3c4c(c(-c5ncc(F)c6sc(NC(=O)OC(C)(C)C)c(C#N)c56)c(P)c3n2)COC4)C[C@H]1C. The number of halogens is 1. The number of rotatable bonds is 4. The minimum absolute atomic E-state index is 0.0897. The number of nitrogens with one attached hydrogen (secondary N) is 1.